The number of thioether (sulfide) groups is 1. The minimum atomic E-state index is -0.0218. The van der Waals surface area contributed by atoms with Gasteiger partial charge < -0.3 is 10.2 Å². The molecule has 0 saturated carbocycles. The Labute approximate surface area is 144 Å². The fourth-order valence-electron chi connectivity index (χ4n) is 3.35. The van der Waals surface area contributed by atoms with E-state index in [0.717, 1.165) is 35.5 Å². The molecule has 0 spiro atoms. The predicted molar refractivity (Wildman–Crippen MR) is 92.0 cm³/mol. The highest BCUT2D eigenvalue weighted by molar-refractivity contribution is 8.00. The highest BCUT2D eigenvalue weighted by atomic mass is 32.2. The lowest BCUT2D eigenvalue weighted by Crippen LogP contribution is -2.30. The molecular weight excluding hydrogens is 324 g/mol. The Morgan fingerprint density at radius 1 is 1.42 bits per heavy atom. The highest BCUT2D eigenvalue weighted by Gasteiger charge is 2.31. The molecule has 1 aromatic heterocycles. The van der Waals surface area contributed by atoms with Crippen molar-refractivity contribution in [1.82, 2.24) is 14.7 Å². The molecule has 1 aromatic carbocycles. The second kappa shape index (κ2) is 5.98. The molecule has 2 aromatic rings. The standard InChI is InChI=1S/C17H18N4O2S/c1-20-9-12(8-18-20)14-3-2-6-21(14)17(23)11-4-5-15-13(7-11)19-16(22)10-24-15/h4-5,7-9,14H,2-3,6,10H2,1H3,(H,19,22)/t14-/m0/s1. The Morgan fingerprint density at radius 2 is 2.29 bits per heavy atom. The van der Waals surface area contributed by atoms with Crippen LogP contribution in [0.4, 0.5) is 5.69 Å². The first kappa shape index (κ1) is 15.3. The summed E-state index contributed by atoms with van der Waals surface area (Å²) in [5, 5.41) is 7.07. The number of nitrogens with one attached hydrogen (secondary N) is 1. The summed E-state index contributed by atoms with van der Waals surface area (Å²) in [6, 6.07) is 5.64. The van der Waals surface area contributed by atoms with E-state index in [1.807, 2.05) is 36.5 Å². The summed E-state index contributed by atoms with van der Waals surface area (Å²) in [5.41, 5.74) is 2.43. The summed E-state index contributed by atoms with van der Waals surface area (Å²) in [6.45, 7) is 0.747. The van der Waals surface area contributed by atoms with Gasteiger partial charge in [-0.2, -0.15) is 5.10 Å². The van der Waals surface area contributed by atoms with Crippen molar-refractivity contribution < 1.29 is 9.59 Å². The van der Waals surface area contributed by atoms with Crippen molar-refractivity contribution in [1.29, 1.82) is 0 Å². The van der Waals surface area contributed by atoms with Gasteiger partial charge in [0.15, 0.2) is 0 Å². The second-order valence-corrected chi connectivity index (χ2v) is 7.17. The lowest BCUT2D eigenvalue weighted by Gasteiger charge is -2.25. The summed E-state index contributed by atoms with van der Waals surface area (Å²) in [4.78, 5) is 27.5. The zero-order valence-electron chi connectivity index (χ0n) is 13.4. The van der Waals surface area contributed by atoms with Crippen molar-refractivity contribution in [3.8, 4) is 0 Å². The number of hydrogen-bond donors (Lipinski definition) is 1. The minimum Gasteiger partial charge on any atom is -0.331 e. The zero-order chi connectivity index (χ0) is 16.7. The molecule has 2 aliphatic rings. The first-order valence-electron chi connectivity index (χ1n) is 7.98. The molecule has 0 radical (unpaired) electrons. The molecular formula is C17H18N4O2S. The van der Waals surface area contributed by atoms with Crippen molar-refractivity contribution in [2.75, 3.05) is 17.6 Å². The lowest BCUT2D eigenvalue weighted by atomic mass is 10.1. The van der Waals surface area contributed by atoms with Gasteiger partial charge in [0.25, 0.3) is 5.91 Å². The van der Waals surface area contributed by atoms with E-state index in [1.165, 1.54) is 11.8 Å². The van der Waals surface area contributed by atoms with Crippen LogP contribution in [-0.4, -0.2) is 38.8 Å². The van der Waals surface area contributed by atoms with Crippen molar-refractivity contribution in [3.05, 3.63) is 41.7 Å². The van der Waals surface area contributed by atoms with Gasteiger partial charge in [0.05, 0.1) is 23.7 Å². The van der Waals surface area contributed by atoms with E-state index >= 15 is 0 Å². The topological polar surface area (TPSA) is 67.2 Å². The van der Waals surface area contributed by atoms with Gasteiger partial charge >= 0.3 is 0 Å². The van der Waals surface area contributed by atoms with E-state index in [4.69, 9.17) is 0 Å². The Kier molecular flexibility index (Phi) is 3.80. The summed E-state index contributed by atoms with van der Waals surface area (Å²) in [5.74, 6) is 0.413. The third-order valence-electron chi connectivity index (χ3n) is 4.48. The van der Waals surface area contributed by atoms with Gasteiger partial charge in [-0.25, -0.2) is 0 Å². The maximum absolute atomic E-state index is 13.0. The van der Waals surface area contributed by atoms with Crippen LogP contribution in [-0.2, 0) is 11.8 Å². The minimum absolute atomic E-state index is 0.00831. The second-order valence-electron chi connectivity index (χ2n) is 6.15. The summed E-state index contributed by atoms with van der Waals surface area (Å²) in [7, 11) is 1.88. The number of nitrogens with zero attached hydrogens (tertiary/aromatic N) is 3. The van der Waals surface area contributed by atoms with Gasteiger partial charge in [0, 0.05) is 35.8 Å². The first-order valence-corrected chi connectivity index (χ1v) is 8.96. The molecule has 1 saturated heterocycles. The number of aromatic nitrogens is 2. The highest BCUT2D eigenvalue weighted by Crippen LogP contribution is 2.35. The number of likely N-dealkylation sites (tertiary alicyclic amines) is 1. The van der Waals surface area contributed by atoms with Gasteiger partial charge in [-0.3, -0.25) is 14.3 Å². The van der Waals surface area contributed by atoms with E-state index in [9.17, 15) is 9.59 Å². The molecule has 1 fully saturated rings. The molecule has 1 atom stereocenters. The van der Waals surface area contributed by atoms with Crippen LogP contribution in [0.5, 0.6) is 0 Å². The Morgan fingerprint density at radius 3 is 3.08 bits per heavy atom. The third kappa shape index (κ3) is 2.69. The van der Waals surface area contributed by atoms with E-state index < -0.39 is 0 Å². The molecule has 0 aliphatic carbocycles. The van der Waals surface area contributed by atoms with Crippen molar-refractivity contribution >= 4 is 29.3 Å². The van der Waals surface area contributed by atoms with Crippen LogP contribution in [0.3, 0.4) is 0 Å². The van der Waals surface area contributed by atoms with Gasteiger partial charge in [-0.15, -0.1) is 11.8 Å². The van der Waals surface area contributed by atoms with Crippen LogP contribution in [0, 0.1) is 0 Å². The van der Waals surface area contributed by atoms with E-state index in [0.29, 0.717) is 11.3 Å². The maximum atomic E-state index is 13.0. The Bertz CT molecular complexity index is 817. The molecule has 7 heteroatoms. The Hall–Kier alpha value is -2.28. The quantitative estimate of drug-likeness (QED) is 0.910. The maximum Gasteiger partial charge on any atom is 0.254 e. The molecule has 4 rings (SSSR count). The number of anilines is 1. The van der Waals surface area contributed by atoms with Gasteiger partial charge in [-0.1, -0.05) is 0 Å². The smallest absolute Gasteiger partial charge is 0.254 e. The van der Waals surface area contributed by atoms with Crippen LogP contribution in [0.15, 0.2) is 35.5 Å². The zero-order valence-corrected chi connectivity index (χ0v) is 14.2. The van der Waals surface area contributed by atoms with E-state index in [-0.39, 0.29) is 17.9 Å². The van der Waals surface area contributed by atoms with Crippen LogP contribution >= 0.6 is 11.8 Å². The molecule has 24 heavy (non-hydrogen) atoms. The average molecular weight is 342 g/mol. The van der Waals surface area contributed by atoms with Crippen LogP contribution in [0.1, 0.15) is 34.8 Å². The van der Waals surface area contributed by atoms with E-state index in [1.54, 1.807) is 10.7 Å². The molecule has 3 heterocycles. The number of fused-ring (bicyclic) bond motifs is 1. The van der Waals surface area contributed by atoms with Gasteiger partial charge in [0.1, 0.15) is 0 Å². The summed E-state index contributed by atoms with van der Waals surface area (Å²) < 4.78 is 1.77. The lowest BCUT2D eigenvalue weighted by molar-refractivity contribution is -0.113. The number of carbonyl (C=O) groups is 2. The van der Waals surface area contributed by atoms with Gasteiger partial charge in [0.2, 0.25) is 5.91 Å². The van der Waals surface area contributed by atoms with Crippen molar-refractivity contribution in [2.24, 2.45) is 7.05 Å². The number of carbonyl (C=O) groups excluding carboxylic acids is 2. The summed E-state index contributed by atoms with van der Waals surface area (Å²) >= 11 is 1.50. The molecule has 0 bridgehead atoms. The average Bonchev–Trinajstić information content (AvgIpc) is 3.22. The number of aryl methyl sites for hydroxylation is 1. The predicted octanol–water partition coefficient (Wildman–Crippen LogP) is 2.44. The van der Waals surface area contributed by atoms with Gasteiger partial charge in [-0.05, 0) is 31.0 Å². The fourth-order valence-corrected chi connectivity index (χ4v) is 4.14. The third-order valence-corrected chi connectivity index (χ3v) is 5.56. The normalized spacial score (nSPS) is 20.0. The molecule has 0 unspecified atom stereocenters. The molecule has 2 amide bonds. The number of amides is 2. The monoisotopic (exact) mass is 342 g/mol. The molecule has 6 nitrogen and oxygen atoms in total. The van der Waals surface area contributed by atoms with Crippen LogP contribution < -0.4 is 5.32 Å². The molecule has 2 aliphatic heterocycles. The van der Waals surface area contributed by atoms with E-state index in [2.05, 4.69) is 10.4 Å². The number of benzene rings is 1. The fraction of sp³-hybridized carbons (Fsp3) is 0.353. The summed E-state index contributed by atoms with van der Waals surface area (Å²) in [6.07, 6.45) is 5.75. The van der Waals surface area contributed by atoms with Crippen molar-refractivity contribution in [2.45, 2.75) is 23.8 Å². The first-order chi connectivity index (χ1) is 11.6. The number of rotatable bonds is 2. The molecule has 124 valence electrons. The van der Waals surface area contributed by atoms with Crippen LogP contribution in [0.2, 0.25) is 0 Å². The Balaban J connectivity index is 1.61. The largest absolute Gasteiger partial charge is 0.331 e. The van der Waals surface area contributed by atoms with Crippen molar-refractivity contribution in [3.63, 3.8) is 0 Å². The number of hydrogen-bond acceptors (Lipinski definition) is 4. The molecule has 1 N–H and O–H groups in total. The van der Waals surface area contributed by atoms with Crippen LogP contribution in [0.25, 0.3) is 0 Å². The SMILES string of the molecule is Cn1cc([C@@H]2CCCN2C(=O)c2ccc3c(c2)NC(=O)CS3)cn1.